The minimum absolute atomic E-state index is 0.0247. The van der Waals surface area contributed by atoms with Gasteiger partial charge in [0.2, 0.25) is 0 Å². The Bertz CT molecular complexity index is 426. The van der Waals surface area contributed by atoms with Crippen LogP contribution in [0.15, 0.2) is 11.6 Å². The highest BCUT2D eigenvalue weighted by Crippen LogP contribution is 2.58. The van der Waals surface area contributed by atoms with Gasteiger partial charge in [-0.2, -0.15) is 0 Å². The third kappa shape index (κ3) is 2.41. The van der Waals surface area contributed by atoms with Crippen LogP contribution in [0.1, 0.15) is 60.3 Å². The molecule has 0 spiro atoms. The fourth-order valence-corrected chi connectivity index (χ4v) is 4.31. The Hall–Kier alpha value is -0.830. The zero-order valence-corrected chi connectivity index (χ0v) is 13.4. The van der Waals surface area contributed by atoms with E-state index in [-0.39, 0.29) is 29.3 Å². The van der Waals surface area contributed by atoms with Crippen molar-refractivity contribution in [2.75, 3.05) is 0 Å². The van der Waals surface area contributed by atoms with Gasteiger partial charge in [-0.3, -0.25) is 4.79 Å². The highest BCUT2D eigenvalue weighted by Gasteiger charge is 2.61. The van der Waals surface area contributed by atoms with E-state index in [0.29, 0.717) is 0 Å². The van der Waals surface area contributed by atoms with Crippen molar-refractivity contribution in [2.45, 2.75) is 72.0 Å². The molecule has 3 nitrogen and oxygen atoms in total. The first kappa shape index (κ1) is 15.6. The normalized spacial score (nSPS) is 41.0. The van der Waals surface area contributed by atoms with Crippen LogP contribution in [0.2, 0.25) is 0 Å². The molecule has 20 heavy (non-hydrogen) atoms. The van der Waals surface area contributed by atoms with Gasteiger partial charge in [0, 0.05) is 6.92 Å². The van der Waals surface area contributed by atoms with Gasteiger partial charge >= 0.3 is 5.97 Å². The van der Waals surface area contributed by atoms with Crippen LogP contribution in [-0.2, 0) is 9.53 Å². The molecule has 0 saturated heterocycles. The Labute approximate surface area is 122 Å². The summed E-state index contributed by atoms with van der Waals surface area (Å²) in [5.74, 6) is -0.0222. The van der Waals surface area contributed by atoms with Gasteiger partial charge in [0.1, 0.15) is 11.7 Å². The fraction of sp³-hybridized carbons (Fsp3) is 0.824. The van der Waals surface area contributed by atoms with E-state index in [1.807, 2.05) is 13.8 Å². The molecule has 0 bridgehead atoms. The molecule has 4 atom stereocenters. The first-order chi connectivity index (χ1) is 9.20. The lowest BCUT2D eigenvalue weighted by Crippen LogP contribution is -2.50. The first-order valence-corrected chi connectivity index (χ1v) is 7.75. The average Bonchev–Trinajstić information content (AvgIpc) is 2.44. The van der Waals surface area contributed by atoms with Crippen molar-refractivity contribution in [1.29, 1.82) is 0 Å². The Morgan fingerprint density at radius 3 is 2.70 bits per heavy atom. The molecule has 1 N–H and O–H groups in total. The van der Waals surface area contributed by atoms with Crippen molar-refractivity contribution < 1.29 is 14.6 Å². The van der Waals surface area contributed by atoms with E-state index in [0.717, 1.165) is 25.7 Å². The highest BCUT2D eigenvalue weighted by atomic mass is 16.6. The molecule has 0 aromatic heterocycles. The van der Waals surface area contributed by atoms with E-state index in [9.17, 15) is 9.90 Å². The monoisotopic (exact) mass is 280 g/mol. The van der Waals surface area contributed by atoms with Crippen LogP contribution in [0, 0.1) is 17.3 Å². The molecule has 0 aromatic rings. The van der Waals surface area contributed by atoms with E-state index < -0.39 is 5.60 Å². The summed E-state index contributed by atoms with van der Waals surface area (Å²) in [7, 11) is 0. The first-order valence-electron chi connectivity index (χ1n) is 7.75. The lowest BCUT2D eigenvalue weighted by molar-refractivity contribution is -0.170. The van der Waals surface area contributed by atoms with E-state index >= 15 is 0 Å². The average molecular weight is 280 g/mol. The van der Waals surface area contributed by atoms with Gasteiger partial charge in [-0.1, -0.05) is 32.4 Å². The maximum Gasteiger partial charge on any atom is 0.303 e. The lowest BCUT2D eigenvalue weighted by Gasteiger charge is -2.41. The third-order valence-electron chi connectivity index (χ3n) is 5.54. The van der Waals surface area contributed by atoms with E-state index in [1.165, 1.54) is 12.5 Å². The standard InChI is InChI=1S/C17H28O3/c1-11(2)17(19)14-7-6-12(3)8-9-16(14,5)10-15(17)20-13(4)18/h8,11,14-15,19H,6-7,9-10H2,1-5H3/t14-,15+,16+,17-/m0/s1. The zero-order valence-electron chi connectivity index (χ0n) is 13.4. The predicted octanol–water partition coefficient (Wildman–Crippen LogP) is 3.46. The summed E-state index contributed by atoms with van der Waals surface area (Å²) in [4.78, 5) is 11.4. The molecule has 2 aliphatic carbocycles. The molecular formula is C17H28O3. The molecule has 3 heteroatoms. The van der Waals surface area contributed by atoms with Crippen molar-refractivity contribution in [2.24, 2.45) is 17.3 Å². The number of rotatable bonds is 2. The summed E-state index contributed by atoms with van der Waals surface area (Å²) in [5, 5.41) is 11.3. The van der Waals surface area contributed by atoms with Crippen LogP contribution in [-0.4, -0.2) is 22.8 Å². The molecule has 0 aromatic carbocycles. The van der Waals surface area contributed by atoms with Gasteiger partial charge in [0.25, 0.3) is 0 Å². The second-order valence-electron chi connectivity index (χ2n) is 7.34. The molecule has 2 rings (SSSR count). The van der Waals surface area contributed by atoms with Crippen LogP contribution in [0.3, 0.4) is 0 Å². The molecular weight excluding hydrogens is 252 g/mol. The Morgan fingerprint density at radius 1 is 1.50 bits per heavy atom. The minimum Gasteiger partial charge on any atom is -0.459 e. The molecule has 0 radical (unpaired) electrons. The van der Waals surface area contributed by atoms with Gasteiger partial charge < -0.3 is 9.84 Å². The Kier molecular flexibility index (Phi) is 4.03. The summed E-state index contributed by atoms with van der Waals surface area (Å²) in [6, 6.07) is 0. The molecule has 0 unspecified atom stereocenters. The molecule has 0 aliphatic heterocycles. The van der Waals surface area contributed by atoms with Crippen molar-refractivity contribution >= 4 is 5.97 Å². The van der Waals surface area contributed by atoms with Crippen LogP contribution in [0.5, 0.6) is 0 Å². The molecule has 1 saturated carbocycles. The number of ether oxygens (including phenoxy) is 1. The smallest absolute Gasteiger partial charge is 0.303 e. The largest absolute Gasteiger partial charge is 0.459 e. The molecule has 1 fully saturated rings. The molecule has 0 amide bonds. The van der Waals surface area contributed by atoms with E-state index in [1.54, 1.807) is 0 Å². The number of carbonyl (C=O) groups is 1. The molecule has 2 aliphatic rings. The highest BCUT2D eigenvalue weighted by molar-refractivity contribution is 5.66. The number of esters is 1. The van der Waals surface area contributed by atoms with Crippen LogP contribution in [0.25, 0.3) is 0 Å². The minimum atomic E-state index is -0.904. The third-order valence-corrected chi connectivity index (χ3v) is 5.54. The maximum absolute atomic E-state index is 11.4. The second-order valence-corrected chi connectivity index (χ2v) is 7.34. The summed E-state index contributed by atoms with van der Waals surface area (Å²) in [6.07, 6.45) is 5.66. The van der Waals surface area contributed by atoms with Crippen molar-refractivity contribution in [1.82, 2.24) is 0 Å². The van der Waals surface area contributed by atoms with Gasteiger partial charge in [0.15, 0.2) is 0 Å². The number of carbonyl (C=O) groups excluding carboxylic acids is 1. The summed E-state index contributed by atoms with van der Waals surface area (Å²) < 4.78 is 5.50. The second kappa shape index (κ2) is 5.18. The Morgan fingerprint density at radius 2 is 2.15 bits per heavy atom. The van der Waals surface area contributed by atoms with Gasteiger partial charge in [0.05, 0.1) is 0 Å². The van der Waals surface area contributed by atoms with Gasteiger partial charge in [-0.25, -0.2) is 0 Å². The SMILES string of the molecule is CC(=O)O[C@@H]1C[C@@]2(C)CC=C(C)CC[C@@H]2[C@@]1(O)C(C)C. The topological polar surface area (TPSA) is 46.5 Å². The number of hydrogen-bond donors (Lipinski definition) is 1. The maximum atomic E-state index is 11.4. The van der Waals surface area contributed by atoms with Crippen LogP contribution >= 0.6 is 0 Å². The van der Waals surface area contributed by atoms with Gasteiger partial charge in [-0.05, 0) is 49.9 Å². The van der Waals surface area contributed by atoms with Crippen LogP contribution < -0.4 is 0 Å². The van der Waals surface area contributed by atoms with Crippen molar-refractivity contribution in [3.05, 3.63) is 11.6 Å². The summed E-state index contributed by atoms with van der Waals surface area (Å²) in [6.45, 7) is 9.91. The zero-order chi connectivity index (χ0) is 15.1. The summed E-state index contributed by atoms with van der Waals surface area (Å²) >= 11 is 0. The number of allylic oxidation sites excluding steroid dienone is 2. The summed E-state index contributed by atoms with van der Waals surface area (Å²) in [5.41, 5.74) is 0.534. The fourth-order valence-electron chi connectivity index (χ4n) is 4.31. The Balaban J connectivity index is 2.38. The molecule has 0 heterocycles. The quantitative estimate of drug-likeness (QED) is 0.622. The molecule has 114 valence electrons. The van der Waals surface area contributed by atoms with E-state index in [4.69, 9.17) is 4.74 Å². The number of fused-ring (bicyclic) bond motifs is 1. The van der Waals surface area contributed by atoms with Gasteiger partial charge in [-0.15, -0.1) is 0 Å². The van der Waals surface area contributed by atoms with Crippen molar-refractivity contribution in [3.8, 4) is 0 Å². The van der Waals surface area contributed by atoms with Crippen molar-refractivity contribution in [3.63, 3.8) is 0 Å². The lowest BCUT2D eigenvalue weighted by atomic mass is 9.69. The van der Waals surface area contributed by atoms with Crippen LogP contribution in [0.4, 0.5) is 0 Å². The predicted molar refractivity (Wildman–Crippen MR) is 79.2 cm³/mol. The van der Waals surface area contributed by atoms with E-state index in [2.05, 4.69) is 19.9 Å². The number of aliphatic hydroxyl groups is 1. The number of hydrogen-bond acceptors (Lipinski definition) is 3.